The van der Waals surface area contributed by atoms with Crippen molar-refractivity contribution in [2.75, 3.05) is 0 Å². The molecule has 2 aliphatic carbocycles. The van der Waals surface area contributed by atoms with Gasteiger partial charge < -0.3 is 0 Å². The summed E-state index contributed by atoms with van der Waals surface area (Å²) >= 11 is 0. The Labute approximate surface area is 86.3 Å². The predicted octanol–water partition coefficient (Wildman–Crippen LogP) is 3.93. The molecule has 2 bridgehead atoms. The van der Waals surface area contributed by atoms with Gasteiger partial charge >= 0.3 is 0 Å². The van der Waals surface area contributed by atoms with E-state index < -0.39 is 0 Å². The topological polar surface area (TPSA) is 0 Å². The SMILES string of the molecule is CC(C)C1C2CCC1c1ccccc12. The molecule has 0 radical (unpaired) electrons. The standard InChI is InChI=1S/C14H18/c1-9(2)14-12-7-8-13(14)11-6-4-3-5-10(11)12/h3-6,9,12-14H,7-8H2,1-2H3. The average Bonchev–Trinajstić information content (AvgIpc) is 2.73. The molecule has 1 fully saturated rings. The van der Waals surface area contributed by atoms with E-state index in [-0.39, 0.29) is 0 Å². The molecule has 3 rings (SSSR count). The second-order valence-corrected chi connectivity index (χ2v) is 5.24. The first-order valence-electron chi connectivity index (χ1n) is 5.88. The van der Waals surface area contributed by atoms with Crippen LogP contribution in [0.4, 0.5) is 0 Å². The highest BCUT2D eigenvalue weighted by molar-refractivity contribution is 5.42. The fraction of sp³-hybridized carbons (Fsp3) is 0.571. The zero-order valence-corrected chi connectivity index (χ0v) is 9.03. The monoisotopic (exact) mass is 186 g/mol. The van der Waals surface area contributed by atoms with E-state index in [0.29, 0.717) is 0 Å². The third-order valence-electron chi connectivity index (χ3n) is 4.28. The number of rotatable bonds is 1. The molecular formula is C14H18. The van der Waals surface area contributed by atoms with Crippen LogP contribution in [-0.4, -0.2) is 0 Å². The first-order chi connectivity index (χ1) is 6.79. The Balaban J connectivity index is 2.09. The third-order valence-corrected chi connectivity index (χ3v) is 4.28. The summed E-state index contributed by atoms with van der Waals surface area (Å²) in [6, 6.07) is 9.12. The molecule has 0 saturated heterocycles. The van der Waals surface area contributed by atoms with Crippen LogP contribution in [0.1, 0.15) is 49.7 Å². The van der Waals surface area contributed by atoms with E-state index >= 15 is 0 Å². The Morgan fingerprint density at radius 3 is 1.93 bits per heavy atom. The minimum absolute atomic E-state index is 0.847. The summed E-state index contributed by atoms with van der Waals surface area (Å²) in [6.07, 6.45) is 2.87. The highest BCUT2D eigenvalue weighted by Gasteiger charge is 2.46. The maximum atomic E-state index is 2.39. The lowest BCUT2D eigenvalue weighted by Crippen LogP contribution is -2.11. The molecule has 1 saturated carbocycles. The zero-order chi connectivity index (χ0) is 9.71. The molecule has 0 aliphatic heterocycles. The Morgan fingerprint density at radius 1 is 1.00 bits per heavy atom. The van der Waals surface area contributed by atoms with Crippen LogP contribution in [0.3, 0.4) is 0 Å². The summed E-state index contributed by atoms with van der Waals surface area (Å²) in [5.74, 6) is 3.56. The van der Waals surface area contributed by atoms with Crippen LogP contribution < -0.4 is 0 Å². The van der Waals surface area contributed by atoms with Gasteiger partial charge in [0.05, 0.1) is 0 Å². The van der Waals surface area contributed by atoms with Crippen LogP contribution in [0.2, 0.25) is 0 Å². The second kappa shape index (κ2) is 2.85. The van der Waals surface area contributed by atoms with Crippen molar-refractivity contribution in [3.8, 4) is 0 Å². The first-order valence-corrected chi connectivity index (χ1v) is 5.88. The minimum Gasteiger partial charge on any atom is -0.0625 e. The normalized spacial score (nSPS) is 33.8. The molecule has 0 spiro atoms. The van der Waals surface area contributed by atoms with Crippen LogP contribution in [0.25, 0.3) is 0 Å². The second-order valence-electron chi connectivity index (χ2n) is 5.24. The highest BCUT2D eigenvalue weighted by Crippen LogP contribution is 2.59. The molecule has 14 heavy (non-hydrogen) atoms. The molecule has 74 valence electrons. The average molecular weight is 186 g/mol. The van der Waals surface area contributed by atoms with Crippen LogP contribution in [-0.2, 0) is 0 Å². The lowest BCUT2D eigenvalue weighted by Gasteiger charge is -2.19. The number of hydrogen-bond donors (Lipinski definition) is 0. The molecule has 0 heterocycles. The van der Waals surface area contributed by atoms with Gasteiger partial charge in [-0.15, -0.1) is 0 Å². The van der Waals surface area contributed by atoms with Crippen molar-refractivity contribution in [3.63, 3.8) is 0 Å². The predicted molar refractivity (Wildman–Crippen MR) is 59.5 cm³/mol. The Kier molecular flexibility index (Phi) is 1.74. The third kappa shape index (κ3) is 0.945. The van der Waals surface area contributed by atoms with Gasteiger partial charge in [0.1, 0.15) is 0 Å². The van der Waals surface area contributed by atoms with E-state index in [0.717, 1.165) is 23.7 Å². The van der Waals surface area contributed by atoms with Gasteiger partial charge in [0.15, 0.2) is 0 Å². The number of hydrogen-bond acceptors (Lipinski definition) is 0. The smallest absolute Gasteiger partial charge is 0.0122 e. The largest absolute Gasteiger partial charge is 0.0625 e. The number of fused-ring (bicyclic) bond motifs is 5. The van der Waals surface area contributed by atoms with E-state index in [1.807, 2.05) is 0 Å². The molecule has 2 atom stereocenters. The summed E-state index contributed by atoms with van der Waals surface area (Å²) < 4.78 is 0. The van der Waals surface area contributed by atoms with E-state index in [1.165, 1.54) is 12.8 Å². The Morgan fingerprint density at radius 2 is 1.50 bits per heavy atom. The van der Waals surface area contributed by atoms with Crippen molar-refractivity contribution < 1.29 is 0 Å². The van der Waals surface area contributed by atoms with Gasteiger partial charge in [-0.1, -0.05) is 38.1 Å². The van der Waals surface area contributed by atoms with Crippen molar-refractivity contribution in [3.05, 3.63) is 35.4 Å². The van der Waals surface area contributed by atoms with E-state index in [2.05, 4.69) is 38.1 Å². The Hall–Kier alpha value is -0.780. The summed E-state index contributed by atoms with van der Waals surface area (Å²) in [4.78, 5) is 0. The zero-order valence-electron chi connectivity index (χ0n) is 9.03. The molecule has 2 aliphatic rings. The highest BCUT2D eigenvalue weighted by atomic mass is 14.5. The van der Waals surface area contributed by atoms with Gasteiger partial charge in [0, 0.05) is 0 Å². The van der Waals surface area contributed by atoms with Crippen molar-refractivity contribution in [2.24, 2.45) is 11.8 Å². The fourth-order valence-electron chi connectivity index (χ4n) is 3.87. The van der Waals surface area contributed by atoms with Crippen molar-refractivity contribution in [1.29, 1.82) is 0 Å². The molecule has 0 nitrogen and oxygen atoms in total. The van der Waals surface area contributed by atoms with Gasteiger partial charge in [-0.05, 0) is 47.6 Å². The van der Waals surface area contributed by atoms with E-state index in [1.54, 1.807) is 11.1 Å². The number of benzene rings is 1. The quantitative estimate of drug-likeness (QED) is 0.623. The van der Waals surface area contributed by atoms with E-state index in [4.69, 9.17) is 0 Å². The van der Waals surface area contributed by atoms with Gasteiger partial charge in [-0.2, -0.15) is 0 Å². The fourth-order valence-corrected chi connectivity index (χ4v) is 3.87. The van der Waals surface area contributed by atoms with Crippen molar-refractivity contribution in [1.82, 2.24) is 0 Å². The first kappa shape index (κ1) is 8.52. The summed E-state index contributed by atoms with van der Waals surface area (Å²) in [6.45, 7) is 4.78. The van der Waals surface area contributed by atoms with Gasteiger partial charge in [0.2, 0.25) is 0 Å². The summed E-state index contributed by atoms with van der Waals surface area (Å²) in [5, 5.41) is 0. The van der Waals surface area contributed by atoms with Crippen LogP contribution in [0.15, 0.2) is 24.3 Å². The van der Waals surface area contributed by atoms with Crippen LogP contribution in [0, 0.1) is 11.8 Å². The molecule has 0 amide bonds. The minimum atomic E-state index is 0.847. The van der Waals surface area contributed by atoms with Crippen LogP contribution >= 0.6 is 0 Å². The molecule has 1 aromatic carbocycles. The van der Waals surface area contributed by atoms with E-state index in [9.17, 15) is 0 Å². The Bertz CT molecular complexity index is 320. The molecule has 1 aromatic rings. The molecule has 2 unspecified atom stereocenters. The maximum Gasteiger partial charge on any atom is -0.0122 e. The van der Waals surface area contributed by atoms with Crippen molar-refractivity contribution in [2.45, 2.75) is 38.5 Å². The molecule has 0 aromatic heterocycles. The molecular weight excluding hydrogens is 168 g/mol. The lowest BCUT2D eigenvalue weighted by molar-refractivity contribution is 0.352. The maximum absolute atomic E-state index is 2.39. The summed E-state index contributed by atoms with van der Waals surface area (Å²) in [7, 11) is 0. The summed E-state index contributed by atoms with van der Waals surface area (Å²) in [5.41, 5.74) is 3.34. The van der Waals surface area contributed by atoms with Gasteiger partial charge in [0.25, 0.3) is 0 Å². The van der Waals surface area contributed by atoms with Crippen LogP contribution in [0.5, 0.6) is 0 Å². The molecule has 0 heteroatoms. The lowest BCUT2D eigenvalue weighted by atomic mass is 9.85. The van der Waals surface area contributed by atoms with Crippen molar-refractivity contribution >= 4 is 0 Å². The van der Waals surface area contributed by atoms with Gasteiger partial charge in [-0.3, -0.25) is 0 Å². The van der Waals surface area contributed by atoms with Gasteiger partial charge in [-0.25, -0.2) is 0 Å². The molecule has 0 N–H and O–H groups in total.